The third-order valence-electron chi connectivity index (χ3n) is 6.78. The van der Waals surface area contributed by atoms with E-state index in [1.54, 1.807) is 78.9 Å². The van der Waals surface area contributed by atoms with E-state index in [-0.39, 0.29) is 33.3 Å². The van der Waals surface area contributed by atoms with Crippen LogP contribution in [-0.4, -0.2) is 61.7 Å². The molecular formula is C31H22Cl2N4O7. The number of carbonyl (C=O) groups is 3. The second-order valence-electron chi connectivity index (χ2n) is 9.64. The molecule has 3 aromatic carbocycles. The number of aromatic amines is 1. The van der Waals surface area contributed by atoms with Crippen molar-refractivity contribution in [2.45, 2.75) is 23.4 Å². The smallest absolute Gasteiger partial charge is 0.340 e. The minimum absolute atomic E-state index is 0.00344. The van der Waals surface area contributed by atoms with Gasteiger partial charge in [-0.2, -0.15) is 0 Å². The molecule has 0 spiro atoms. The van der Waals surface area contributed by atoms with Gasteiger partial charge in [0.25, 0.3) is 5.06 Å². The average molecular weight is 633 g/mol. The van der Waals surface area contributed by atoms with E-state index in [0.717, 1.165) is 0 Å². The number of H-pyrrole nitrogens is 1. The molecule has 1 aliphatic rings. The van der Waals surface area contributed by atoms with Crippen LogP contribution in [0.25, 0.3) is 11.2 Å². The van der Waals surface area contributed by atoms with Crippen LogP contribution in [0.1, 0.15) is 43.0 Å². The lowest BCUT2D eigenvalue weighted by atomic mass is 10.0. The summed E-state index contributed by atoms with van der Waals surface area (Å²) in [6.45, 7) is -0.438. The number of fused-ring (bicyclic) bond motifs is 1. The summed E-state index contributed by atoms with van der Waals surface area (Å²) in [5, 5.41) is -2.26. The number of nitrogens with one attached hydrogen (secondary N) is 1. The van der Waals surface area contributed by atoms with Crippen molar-refractivity contribution in [3.05, 3.63) is 125 Å². The Morgan fingerprint density at radius 1 is 0.818 bits per heavy atom. The van der Waals surface area contributed by atoms with E-state index >= 15 is 0 Å². The third kappa shape index (κ3) is 5.85. The first-order chi connectivity index (χ1) is 21.3. The number of hydrogen-bond acceptors (Lipinski definition) is 10. The lowest BCUT2D eigenvalue weighted by Gasteiger charge is -2.31. The minimum atomic E-state index is -2.26. The number of carbonyl (C=O) groups excluding carboxylic acids is 3. The fourth-order valence-corrected chi connectivity index (χ4v) is 5.28. The molecule has 1 saturated heterocycles. The number of benzene rings is 3. The van der Waals surface area contributed by atoms with Crippen LogP contribution in [0.15, 0.2) is 97.3 Å². The van der Waals surface area contributed by atoms with Crippen molar-refractivity contribution in [2.24, 2.45) is 0 Å². The van der Waals surface area contributed by atoms with Crippen LogP contribution in [-0.2, 0) is 18.9 Å². The SMILES string of the molecule is O=C(OC[C@H]1O[C@@H](c2nc(Cl)c3[nH]cnc3n2)[C@](Cl)(OC(=O)c2ccccc2)[C@@H]1OC(=O)c1ccccc1)c1ccccc1. The maximum atomic E-state index is 13.4. The van der Waals surface area contributed by atoms with Gasteiger partial charge in [0.2, 0.25) is 0 Å². The van der Waals surface area contributed by atoms with Crippen molar-refractivity contribution in [1.82, 2.24) is 19.9 Å². The highest BCUT2D eigenvalue weighted by atomic mass is 35.5. The van der Waals surface area contributed by atoms with Crippen LogP contribution in [0, 0.1) is 0 Å². The summed E-state index contributed by atoms with van der Waals surface area (Å²) < 4.78 is 23.5. The number of esters is 3. The molecule has 0 aliphatic carbocycles. The molecular weight excluding hydrogens is 611 g/mol. The van der Waals surface area contributed by atoms with Crippen molar-refractivity contribution >= 4 is 52.3 Å². The van der Waals surface area contributed by atoms with E-state index in [1.807, 2.05) is 0 Å². The highest BCUT2D eigenvalue weighted by molar-refractivity contribution is 6.33. The van der Waals surface area contributed by atoms with Gasteiger partial charge in [-0.15, -0.1) is 0 Å². The Morgan fingerprint density at radius 3 is 2.00 bits per heavy atom. The molecule has 1 fully saturated rings. The molecule has 0 unspecified atom stereocenters. The number of halogens is 2. The quantitative estimate of drug-likeness (QED) is 0.103. The van der Waals surface area contributed by atoms with Gasteiger partial charge in [-0.25, -0.2) is 29.3 Å². The summed E-state index contributed by atoms with van der Waals surface area (Å²) in [4.78, 5) is 55.3. The van der Waals surface area contributed by atoms with Gasteiger partial charge in [0.05, 0.1) is 23.0 Å². The van der Waals surface area contributed by atoms with Crippen LogP contribution in [0.5, 0.6) is 0 Å². The summed E-state index contributed by atoms with van der Waals surface area (Å²) in [6.07, 6.45) is -2.83. The Kier molecular flexibility index (Phi) is 8.25. The minimum Gasteiger partial charge on any atom is -0.459 e. The molecule has 222 valence electrons. The fraction of sp³-hybridized carbons (Fsp3) is 0.161. The van der Waals surface area contributed by atoms with Gasteiger partial charge in [0, 0.05) is 0 Å². The molecule has 0 saturated carbocycles. The fourth-order valence-electron chi connectivity index (χ4n) is 4.65. The molecule has 1 N–H and O–H groups in total. The third-order valence-corrected chi connectivity index (χ3v) is 7.54. The number of rotatable bonds is 8. The van der Waals surface area contributed by atoms with Gasteiger partial charge in [0.15, 0.2) is 28.8 Å². The zero-order chi connectivity index (χ0) is 30.7. The molecule has 0 bridgehead atoms. The van der Waals surface area contributed by atoms with Gasteiger partial charge in [-0.3, -0.25) is 0 Å². The van der Waals surface area contributed by atoms with Crippen molar-refractivity contribution in [1.29, 1.82) is 0 Å². The molecule has 1 aliphatic heterocycles. The van der Waals surface area contributed by atoms with Gasteiger partial charge in [-0.05, 0) is 36.4 Å². The number of alkyl halides is 1. The largest absolute Gasteiger partial charge is 0.459 e. The zero-order valence-electron chi connectivity index (χ0n) is 22.6. The molecule has 13 heteroatoms. The van der Waals surface area contributed by atoms with Crippen LogP contribution in [0.3, 0.4) is 0 Å². The summed E-state index contributed by atoms with van der Waals surface area (Å²) in [6, 6.07) is 24.5. The summed E-state index contributed by atoms with van der Waals surface area (Å²) in [5.41, 5.74) is 1.19. The van der Waals surface area contributed by atoms with E-state index < -0.39 is 47.9 Å². The van der Waals surface area contributed by atoms with Gasteiger partial charge in [-0.1, -0.05) is 77.8 Å². The number of imidazole rings is 1. The summed E-state index contributed by atoms with van der Waals surface area (Å²) in [5.74, 6) is -2.40. The molecule has 44 heavy (non-hydrogen) atoms. The second kappa shape index (κ2) is 12.4. The van der Waals surface area contributed by atoms with E-state index in [0.29, 0.717) is 5.52 Å². The average Bonchev–Trinajstić information content (AvgIpc) is 3.64. The predicted octanol–water partition coefficient (Wildman–Crippen LogP) is 5.32. The zero-order valence-corrected chi connectivity index (χ0v) is 24.1. The summed E-state index contributed by atoms with van der Waals surface area (Å²) in [7, 11) is 0. The lowest BCUT2D eigenvalue weighted by Crippen LogP contribution is -2.48. The Balaban J connectivity index is 1.40. The molecule has 2 aromatic heterocycles. The van der Waals surface area contributed by atoms with E-state index in [1.165, 1.54) is 18.5 Å². The van der Waals surface area contributed by atoms with Crippen LogP contribution in [0.2, 0.25) is 5.15 Å². The van der Waals surface area contributed by atoms with Crippen molar-refractivity contribution in [3.8, 4) is 0 Å². The Bertz CT molecular complexity index is 1810. The van der Waals surface area contributed by atoms with Crippen molar-refractivity contribution in [2.75, 3.05) is 6.61 Å². The van der Waals surface area contributed by atoms with E-state index in [2.05, 4.69) is 19.9 Å². The van der Waals surface area contributed by atoms with Crippen LogP contribution >= 0.6 is 23.2 Å². The monoisotopic (exact) mass is 632 g/mol. The first-order valence-electron chi connectivity index (χ1n) is 13.3. The molecule has 4 atom stereocenters. The molecule has 5 aromatic rings. The molecule has 11 nitrogen and oxygen atoms in total. The summed E-state index contributed by atoms with van der Waals surface area (Å²) >= 11 is 13.6. The molecule has 6 rings (SSSR count). The highest BCUT2D eigenvalue weighted by Gasteiger charge is 2.63. The van der Waals surface area contributed by atoms with E-state index in [9.17, 15) is 14.4 Å². The first-order valence-corrected chi connectivity index (χ1v) is 14.1. The standard InChI is InChI=1S/C31H22Cl2N4O7/c32-25-22-26(35-17-34-22)37-27(36-25)24-31(33,44-30(40)20-14-8-3-9-15-20)23(43-29(39)19-12-6-2-7-13-19)21(42-24)16-41-28(38)18-10-4-1-5-11-18/h1-15,17,21,23-24H,16H2,(H,34,35,36,37)/t21-,23-,24+,31-/m1/s1. The second-order valence-corrected chi connectivity index (χ2v) is 10.6. The number of nitrogens with zero attached hydrogens (tertiary/aromatic N) is 3. The first kappa shape index (κ1) is 29.2. The molecule has 0 radical (unpaired) electrons. The van der Waals surface area contributed by atoms with Gasteiger partial charge >= 0.3 is 17.9 Å². The Hall–Kier alpha value is -4.84. The normalized spacial score (nSPS) is 21.1. The maximum absolute atomic E-state index is 13.4. The Morgan fingerprint density at radius 2 is 1.39 bits per heavy atom. The van der Waals surface area contributed by atoms with E-state index in [4.69, 9.17) is 42.1 Å². The van der Waals surface area contributed by atoms with Crippen LogP contribution < -0.4 is 0 Å². The van der Waals surface area contributed by atoms with Crippen LogP contribution in [0.4, 0.5) is 0 Å². The highest BCUT2D eigenvalue weighted by Crippen LogP contribution is 2.49. The van der Waals surface area contributed by atoms with Crippen molar-refractivity contribution in [3.63, 3.8) is 0 Å². The number of aromatic nitrogens is 4. The maximum Gasteiger partial charge on any atom is 0.340 e. The molecule has 0 amide bonds. The molecule has 3 heterocycles. The Labute approximate surface area is 260 Å². The number of hydrogen-bond donors (Lipinski definition) is 1. The number of ether oxygens (including phenoxy) is 4. The van der Waals surface area contributed by atoms with Gasteiger partial charge < -0.3 is 23.9 Å². The topological polar surface area (TPSA) is 143 Å². The van der Waals surface area contributed by atoms with Gasteiger partial charge in [0.1, 0.15) is 18.2 Å². The predicted molar refractivity (Wildman–Crippen MR) is 157 cm³/mol. The van der Waals surface area contributed by atoms with Crippen molar-refractivity contribution < 1.29 is 33.3 Å². The lowest BCUT2D eigenvalue weighted by molar-refractivity contribution is -0.0551.